The molecule has 1 aliphatic heterocycles. The number of benzene rings is 2. The number of aryl methyl sites for hydroxylation is 2. The van der Waals surface area contributed by atoms with Gasteiger partial charge >= 0.3 is 6.09 Å². The summed E-state index contributed by atoms with van der Waals surface area (Å²) in [4.78, 5) is 16.1. The second-order valence-electron chi connectivity index (χ2n) is 7.98. The minimum Gasteiger partial charge on any atom is -0.445 e. The second kappa shape index (κ2) is 8.59. The van der Waals surface area contributed by atoms with Gasteiger partial charge in [-0.25, -0.2) is 4.79 Å². The largest absolute Gasteiger partial charge is 0.445 e. The molecule has 0 aliphatic carbocycles. The van der Waals surface area contributed by atoms with E-state index in [0.29, 0.717) is 13.1 Å². The minimum absolute atomic E-state index is 0.244. The van der Waals surface area contributed by atoms with Crippen LogP contribution in [0.15, 0.2) is 60.7 Å². The fourth-order valence-corrected chi connectivity index (χ4v) is 5.36. The summed E-state index contributed by atoms with van der Waals surface area (Å²) in [5.74, 6) is 1.58. The Morgan fingerprint density at radius 2 is 1.66 bits per heavy atom. The molecule has 0 atom stereocenters. The average molecular weight is 445 g/mol. The van der Waals surface area contributed by atoms with Crippen molar-refractivity contribution in [1.82, 2.24) is 19.7 Å². The Hall–Kier alpha value is -3.45. The number of ether oxygens (including phenoxy) is 1. The van der Waals surface area contributed by atoms with Gasteiger partial charge in [0.2, 0.25) is 0 Å². The fourth-order valence-electron chi connectivity index (χ4n) is 4.11. The lowest BCUT2D eigenvalue weighted by molar-refractivity contribution is 0.0906. The number of rotatable bonds is 4. The van der Waals surface area contributed by atoms with Crippen molar-refractivity contribution >= 4 is 17.4 Å². The van der Waals surface area contributed by atoms with Crippen molar-refractivity contribution in [3.63, 3.8) is 0 Å². The van der Waals surface area contributed by atoms with E-state index in [1.54, 1.807) is 16.2 Å². The summed E-state index contributed by atoms with van der Waals surface area (Å²) in [6, 6.07) is 20.2. The molecule has 3 heterocycles. The Balaban J connectivity index is 1.48. The Bertz CT molecular complexity index is 1250. The van der Waals surface area contributed by atoms with Crippen LogP contribution in [0.1, 0.15) is 38.8 Å². The van der Waals surface area contributed by atoms with Gasteiger partial charge in [-0.3, -0.25) is 9.47 Å². The molecule has 0 spiro atoms. The predicted octanol–water partition coefficient (Wildman–Crippen LogP) is 5.19. The molecular formula is C25H24N4O2S. The van der Waals surface area contributed by atoms with Crippen LogP contribution in [0, 0.1) is 13.8 Å². The van der Waals surface area contributed by atoms with Crippen LogP contribution in [-0.2, 0) is 30.9 Å². The minimum atomic E-state index is -0.344. The monoisotopic (exact) mass is 444 g/mol. The van der Waals surface area contributed by atoms with Crippen LogP contribution in [0.3, 0.4) is 0 Å². The van der Waals surface area contributed by atoms with Crippen molar-refractivity contribution in [2.24, 2.45) is 0 Å². The number of aromatic nitrogens is 3. The van der Waals surface area contributed by atoms with Crippen molar-refractivity contribution in [2.75, 3.05) is 0 Å². The molecule has 0 unspecified atom stereocenters. The van der Waals surface area contributed by atoms with E-state index in [9.17, 15) is 4.79 Å². The smallest absolute Gasteiger partial charge is 0.410 e. The van der Waals surface area contributed by atoms with Gasteiger partial charge in [0.15, 0.2) is 5.82 Å². The van der Waals surface area contributed by atoms with Crippen LogP contribution < -0.4 is 0 Å². The van der Waals surface area contributed by atoms with Crippen LogP contribution in [0.25, 0.3) is 5.00 Å². The molecule has 162 valence electrons. The highest BCUT2D eigenvalue weighted by atomic mass is 32.1. The quantitative estimate of drug-likeness (QED) is 0.435. The first-order valence-corrected chi connectivity index (χ1v) is 11.4. The number of hydrogen-bond donors (Lipinski definition) is 0. The molecule has 7 heteroatoms. The molecule has 2 aromatic carbocycles. The lowest BCUT2D eigenvalue weighted by Crippen LogP contribution is -2.30. The SMILES string of the molecule is Cc1sc2c(c1Cc1ccccc1)CN(C(=O)OCc1ccccc1)Cc1nnc(C)n1-2. The molecule has 0 radical (unpaired) electrons. The third-order valence-electron chi connectivity index (χ3n) is 5.76. The summed E-state index contributed by atoms with van der Waals surface area (Å²) in [5.41, 5.74) is 4.62. The summed E-state index contributed by atoms with van der Waals surface area (Å²) in [6.45, 7) is 5.19. The molecule has 2 aromatic heterocycles. The highest BCUT2D eigenvalue weighted by Crippen LogP contribution is 2.37. The Morgan fingerprint density at radius 3 is 2.38 bits per heavy atom. The zero-order valence-corrected chi connectivity index (χ0v) is 18.9. The number of hydrogen-bond acceptors (Lipinski definition) is 5. The van der Waals surface area contributed by atoms with Crippen LogP contribution in [0.2, 0.25) is 0 Å². The maximum Gasteiger partial charge on any atom is 0.410 e. The maximum absolute atomic E-state index is 13.1. The number of fused-ring (bicyclic) bond motifs is 3. The van der Waals surface area contributed by atoms with E-state index in [-0.39, 0.29) is 12.7 Å². The third-order valence-corrected chi connectivity index (χ3v) is 6.94. The molecule has 0 bridgehead atoms. The van der Waals surface area contributed by atoms with E-state index in [2.05, 4.69) is 46.0 Å². The van der Waals surface area contributed by atoms with Crippen molar-refractivity contribution in [2.45, 2.75) is 40.0 Å². The first kappa shape index (κ1) is 20.5. The van der Waals surface area contributed by atoms with E-state index >= 15 is 0 Å². The number of nitrogens with zero attached hydrogens (tertiary/aromatic N) is 4. The summed E-state index contributed by atoms with van der Waals surface area (Å²) in [7, 11) is 0. The average Bonchev–Trinajstić information content (AvgIpc) is 3.26. The van der Waals surface area contributed by atoms with Gasteiger partial charge in [0.05, 0.1) is 13.1 Å². The highest BCUT2D eigenvalue weighted by molar-refractivity contribution is 7.14. The highest BCUT2D eigenvalue weighted by Gasteiger charge is 2.30. The molecule has 0 saturated carbocycles. The molecule has 5 rings (SSSR count). The Labute approximate surface area is 191 Å². The lowest BCUT2D eigenvalue weighted by atomic mass is 10.0. The van der Waals surface area contributed by atoms with Crippen LogP contribution in [-0.4, -0.2) is 25.8 Å². The topological polar surface area (TPSA) is 60.3 Å². The van der Waals surface area contributed by atoms with Gasteiger partial charge in [-0.2, -0.15) is 0 Å². The van der Waals surface area contributed by atoms with Crippen LogP contribution >= 0.6 is 11.3 Å². The van der Waals surface area contributed by atoms with Gasteiger partial charge in [0, 0.05) is 10.4 Å². The van der Waals surface area contributed by atoms with Gasteiger partial charge in [-0.15, -0.1) is 21.5 Å². The zero-order valence-electron chi connectivity index (χ0n) is 18.1. The van der Waals surface area contributed by atoms with E-state index in [0.717, 1.165) is 34.2 Å². The molecule has 0 saturated heterocycles. The molecule has 1 aliphatic rings. The Morgan fingerprint density at radius 1 is 0.969 bits per heavy atom. The first-order valence-electron chi connectivity index (χ1n) is 10.6. The summed E-state index contributed by atoms with van der Waals surface area (Å²) in [6.07, 6.45) is 0.477. The normalized spacial score (nSPS) is 12.8. The standard InChI is InChI=1S/C25H24N4O2S/c1-17-21(13-19-9-5-3-6-10-19)22-14-28(25(30)31-16-20-11-7-4-8-12-20)15-23-27-26-18(2)29(23)24(22)32-17/h3-12H,13-16H2,1-2H3. The second-order valence-corrected chi connectivity index (χ2v) is 9.18. The van der Waals surface area contributed by atoms with Crippen LogP contribution in [0.5, 0.6) is 0 Å². The molecular weight excluding hydrogens is 420 g/mol. The van der Waals surface area contributed by atoms with Gasteiger partial charge in [-0.1, -0.05) is 60.7 Å². The third kappa shape index (κ3) is 3.91. The van der Waals surface area contributed by atoms with Gasteiger partial charge < -0.3 is 4.74 Å². The van der Waals surface area contributed by atoms with E-state index in [1.165, 1.54) is 16.0 Å². The maximum atomic E-state index is 13.1. The Kier molecular flexibility index (Phi) is 5.49. The van der Waals surface area contributed by atoms with Crippen molar-refractivity contribution in [3.05, 3.63) is 99.4 Å². The molecule has 32 heavy (non-hydrogen) atoms. The van der Waals surface area contributed by atoms with Gasteiger partial charge in [0.25, 0.3) is 0 Å². The molecule has 1 amide bonds. The van der Waals surface area contributed by atoms with E-state index in [1.807, 2.05) is 43.3 Å². The van der Waals surface area contributed by atoms with Crippen LogP contribution in [0.4, 0.5) is 4.79 Å². The summed E-state index contributed by atoms with van der Waals surface area (Å²) >= 11 is 1.74. The molecule has 0 fully saturated rings. The van der Waals surface area contributed by atoms with Gasteiger partial charge in [0.1, 0.15) is 17.4 Å². The predicted molar refractivity (Wildman–Crippen MR) is 124 cm³/mol. The number of carbonyl (C=O) groups is 1. The van der Waals surface area contributed by atoms with Crippen molar-refractivity contribution in [3.8, 4) is 5.00 Å². The lowest BCUT2D eigenvalue weighted by Gasteiger charge is -2.20. The van der Waals surface area contributed by atoms with E-state index in [4.69, 9.17) is 4.74 Å². The number of carbonyl (C=O) groups excluding carboxylic acids is 1. The first-order chi connectivity index (χ1) is 15.6. The number of thiophene rings is 1. The molecule has 4 aromatic rings. The zero-order chi connectivity index (χ0) is 22.1. The van der Waals surface area contributed by atoms with E-state index < -0.39 is 0 Å². The van der Waals surface area contributed by atoms with Crippen molar-refractivity contribution < 1.29 is 9.53 Å². The number of amides is 1. The molecule has 6 nitrogen and oxygen atoms in total. The van der Waals surface area contributed by atoms with Gasteiger partial charge in [-0.05, 0) is 37.0 Å². The summed E-state index contributed by atoms with van der Waals surface area (Å²) < 4.78 is 7.75. The van der Waals surface area contributed by atoms with Crippen molar-refractivity contribution in [1.29, 1.82) is 0 Å². The fraction of sp³-hybridized carbons (Fsp3) is 0.240. The molecule has 0 N–H and O–H groups in total. The summed E-state index contributed by atoms with van der Waals surface area (Å²) in [5, 5.41) is 9.75.